The monoisotopic (exact) mass is 797 g/mol. The second-order valence-corrected chi connectivity index (χ2v) is 14.8. The maximum Gasteiger partial charge on any atom is 0.238 e. The summed E-state index contributed by atoms with van der Waals surface area (Å²) >= 11 is 0. The molecule has 3 aromatic heterocycles. The van der Waals surface area contributed by atoms with Crippen molar-refractivity contribution in [3.05, 3.63) is 212 Å². The topological polar surface area (TPSA) is 91.5 Å². The van der Waals surface area contributed by atoms with Crippen LogP contribution in [0.15, 0.2) is 212 Å². The quantitative estimate of drug-likeness (QED) is 0.144. The van der Waals surface area contributed by atoms with Crippen molar-refractivity contribution in [2.24, 2.45) is 0 Å². The SMILES string of the molecule is c1ccc(-c2ccc3c4ccccc4n(-c4nc(-c5ccccc5)nc(-c5ccccc5Oc5ccc(-c6nc(-c7ccccc7)nc(-c7ccccc7)n6)cc5)n4)c3c2)cc1. The van der Waals surface area contributed by atoms with Crippen molar-refractivity contribution in [3.63, 3.8) is 0 Å². The van der Waals surface area contributed by atoms with Crippen LogP contribution in [0.3, 0.4) is 0 Å². The lowest BCUT2D eigenvalue weighted by Gasteiger charge is -2.14. The van der Waals surface area contributed by atoms with Gasteiger partial charge in [0, 0.05) is 33.0 Å². The molecule has 0 fully saturated rings. The van der Waals surface area contributed by atoms with Gasteiger partial charge in [-0.2, -0.15) is 9.97 Å². The van der Waals surface area contributed by atoms with Gasteiger partial charge in [-0.1, -0.05) is 164 Å². The van der Waals surface area contributed by atoms with E-state index in [9.17, 15) is 0 Å². The molecule has 11 rings (SSSR count). The molecule has 62 heavy (non-hydrogen) atoms. The van der Waals surface area contributed by atoms with E-state index in [0.717, 1.165) is 60.8 Å². The molecule has 0 aliphatic heterocycles. The van der Waals surface area contributed by atoms with Gasteiger partial charge in [0.1, 0.15) is 11.5 Å². The van der Waals surface area contributed by atoms with E-state index < -0.39 is 0 Å². The smallest absolute Gasteiger partial charge is 0.238 e. The number of nitrogens with zero attached hydrogens (tertiary/aromatic N) is 7. The van der Waals surface area contributed by atoms with E-state index >= 15 is 0 Å². The lowest BCUT2D eigenvalue weighted by Crippen LogP contribution is -2.07. The largest absolute Gasteiger partial charge is 0.457 e. The Kier molecular flexibility index (Phi) is 9.33. The van der Waals surface area contributed by atoms with Gasteiger partial charge in [-0.3, -0.25) is 4.57 Å². The Morgan fingerprint density at radius 2 is 0.742 bits per heavy atom. The first-order chi connectivity index (χ1) is 30.7. The zero-order valence-electron chi connectivity index (χ0n) is 33.2. The third-order valence-corrected chi connectivity index (χ3v) is 10.8. The minimum Gasteiger partial charge on any atom is -0.457 e. The summed E-state index contributed by atoms with van der Waals surface area (Å²) in [5, 5.41) is 2.22. The van der Waals surface area contributed by atoms with Gasteiger partial charge < -0.3 is 4.74 Å². The van der Waals surface area contributed by atoms with Gasteiger partial charge in [-0.15, -0.1) is 0 Å². The van der Waals surface area contributed by atoms with E-state index in [0.29, 0.717) is 46.6 Å². The van der Waals surface area contributed by atoms with Gasteiger partial charge in [-0.05, 0) is 59.7 Å². The van der Waals surface area contributed by atoms with Gasteiger partial charge in [0.05, 0.1) is 16.6 Å². The summed E-state index contributed by atoms with van der Waals surface area (Å²) in [7, 11) is 0. The molecule has 0 spiro atoms. The normalized spacial score (nSPS) is 11.2. The average molecular weight is 798 g/mol. The van der Waals surface area contributed by atoms with Crippen LogP contribution in [-0.2, 0) is 0 Å². The summed E-state index contributed by atoms with van der Waals surface area (Å²) in [6.45, 7) is 0. The first kappa shape index (κ1) is 36.5. The summed E-state index contributed by atoms with van der Waals surface area (Å²) < 4.78 is 8.81. The van der Waals surface area contributed by atoms with Crippen molar-refractivity contribution < 1.29 is 4.74 Å². The van der Waals surface area contributed by atoms with Crippen LogP contribution in [0.5, 0.6) is 11.5 Å². The van der Waals surface area contributed by atoms with Crippen LogP contribution in [-0.4, -0.2) is 34.5 Å². The first-order valence-corrected chi connectivity index (χ1v) is 20.4. The predicted molar refractivity (Wildman–Crippen MR) is 247 cm³/mol. The minimum absolute atomic E-state index is 0.485. The minimum atomic E-state index is 0.485. The molecule has 0 unspecified atom stereocenters. The Morgan fingerprint density at radius 3 is 1.35 bits per heavy atom. The Hall–Kier alpha value is -8.62. The number of hydrogen-bond acceptors (Lipinski definition) is 7. The zero-order valence-corrected chi connectivity index (χ0v) is 33.2. The Morgan fingerprint density at radius 1 is 0.306 bits per heavy atom. The predicted octanol–water partition coefficient (Wildman–Crippen LogP) is 12.9. The molecule has 0 aliphatic rings. The Balaban J connectivity index is 0.999. The summed E-state index contributed by atoms with van der Waals surface area (Å²) in [6, 6.07) is 71.0. The third kappa shape index (κ3) is 7.01. The van der Waals surface area contributed by atoms with Crippen LogP contribution in [0, 0.1) is 0 Å². The van der Waals surface area contributed by atoms with Crippen molar-refractivity contribution in [3.8, 4) is 85.5 Å². The molecule has 11 aromatic rings. The molecule has 0 saturated carbocycles. The van der Waals surface area contributed by atoms with Crippen LogP contribution < -0.4 is 4.74 Å². The van der Waals surface area contributed by atoms with E-state index in [1.54, 1.807) is 0 Å². The van der Waals surface area contributed by atoms with E-state index in [4.69, 9.17) is 34.6 Å². The van der Waals surface area contributed by atoms with Crippen LogP contribution in [0.25, 0.3) is 95.8 Å². The maximum absolute atomic E-state index is 6.66. The molecule has 8 aromatic carbocycles. The molecule has 0 atom stereocenters. The molecule has 8 nitrogen and oxygen atoms in total. The Bertz CT molecular complexity index is 3300. The van der Waals surface area contributed by atoms with E-state index in [2.05, 4.69) is 71.3 Å². The molecule has 0 N–H and O–H groups in total. The fourth-order valence-corrected chi connectivity index (χ4v) is 7.77. The third-order valence-electron chi connectivity index (χ3n) is 10.8. The van der Waals surface area contributed by atoms with Crippen molar-refractivity contribution >= 4 is 21.8 Å². The fourth-order valence-electron chi connectivity index (χ4n) is 7.77. The number of hydrogen-bond donors (Lipinski definition) is 0. The molecule has 0 saturated heterocycles. The van der Waals surface area contributed by atoms with E-state index in [1.807, 2.05) is 146 Å². The number of fused-ring (bicyclic) bond motifs is 3. The van der Waals surface area contributed by atoms with Crippen LogP contribution in [0.2, 0.25) is 0 Å². The molecule has 8 heteroatoms. The van der Waals surface area contributed by atoms with Gasteiger partial charge in [0.2, 0.25) is 5.95 Å². The van der Waals surface area contributed by atoms with Crippen molar-refractivity contribution in [2.45, 2.75) is 0 Å². The molecule has 3 heterocycles. The second kappa shape index (κ2) is 15.9. The number of rotatable bonds is 9. The second-order valence-electron chi connectivity index (χ2n) is 14.8. The fraction of sp³-hybridized carbons (Fsp3) is 0. The Labute approximate surface area is 357 Å². The molecule has 0 amide bonds. The number of para-hydroxylation sites is 2. The summed E-state index contributed by atoms with van der Waals surface area (Å²) in [5.74, 6) is 4.55. The first-order valence-electron chi connectivity index (χ1n) is 20.4. The number of benzene rings is 8. The highest BCUT2D eigenvalue weighted by Gasteiger charge is 2.20. The van der Waals surface area contributed by atoms with E-state index in [-0.39, 0.29) is 0 Å². The van der Waals surface area contributed by atoms with Crippen LogP contribution >= 0.6 is 0 Å². The molecular formula is C54H35N7O. The van der Waals surface area contributed by atoms with Crippen LogP contribution in [0.1, 0.15) is 0 Å². The van der Waals surface area contributed by atoms with Crippen LogP contribution in [0.4, 0.5) is 0 Å². The van der Waals surface area contributed by atoms with Crippen molar-refractivity contribution in [1.82, 2.24) is 34.5 Å². The molecular weight excluding hydrogens is 763 g/mol. The average Bonchev–Trinajstić information content (AvgIpc) is 3.69. The maximum atomic E-state index is 6.66. The molecule has 0 aliphatic carbocycles. The standard InChI is InChI=1S/C54H35N7O/c1-5-17-36(18-6-1)41-31-34-44-43-25-13-15-27-46(43)61(47(44)35-41)54-59-52(39-23-11-4-12-24-39)58-53(60-54)45-26-14-16-28-48(45)62-42-32-29-40(30-33-42)51-56-49(37-19-7-2-8-20-37)55-50(57-51)38-21-9-3-10-22-38/h1-35H. The zero-order chi connectivity index (χ0) is 41.2. The number of aromatic nitrogens is 7. The summed E-state index contributed by atoms with van der Waals surface area (Å²) in [4.78, 5) is 30.1. The summed E-state index contributed by atoms with van der Waals surface area (Å²) in [6.07, 6.45) is 0. The highest BCUT2D eigenvalue weighted by molar-refractivity contribution is 6.10. The van der Waals surface area contributed by atoms with E-state index in [1.165, 1.54) is 0 Å². The lowest BCUT2D eigenvalue weighted by atomic mass is 10.0. The molecule has 292 valence electrons. The highest BCUT2D eigenvalue weighted by Crippen LogP contribution is 2.37. The van der Waals surface area contributed by atoms with Crippen molar-refractivity contribution in [2.75, 3.05) is 0 Å². The van der Waals surface area contributed by atoms with Gasteiger partial charge in [-0.25, -0.2) is 19.9 Å². The van der Waals surface area contributed by atoms with Gasteiger partial charge in [0.25, 0.3) is 0 Å². The summed E-state index contributed by atoms with van der Waals surface area (Å²) in [5.41, 5.74) is 8.49. The number of ether oxygens (including phenoxy) is 1. The highest BCUT2D eigenvalue weighted by atomic mass is 16.5. The molecule has 0 bridgehead atoms. The molecule has 0 radical (unpaired) electrons. The van der Waals surface area contributed by atoms with Crippen molar-refractivity contribution in [1.29, 1.82) is 0 Å². The lowest BCUT2D eigenvalue weighted by molar-refractivity contribution is 0.484. The van der Waals surface area contributed by atoms with Gasteiger partial charge in [0.15, 0.2) is 29.1 Å². The van der Waals surface area contributed by atoms with Gasteiger partial charge >= 0.3 is 0 Å².